The molecular weight excluding hydrogens is 387 g/mol. The van der Waals surface area contributed by atoms with Crippen LogP contribution in [0.5, 0.6) is 5.75 Å². The summed E-state index contributed by atoms with van der Waals surface area (Å²) in [4.78, 5) is 2.51. The standard InChI is InChI=1S/C16H25BrN2O.2ClH/c1-2-3-4-5-15(19-10-8-18-9-11-19)14-12-13(17)6-7-16(14)20;;/h6-7,12,15,18,20H,2-5,8-11H2,1H3;2*1H/t15-;;/m1../s1. The molecule has 1 aromatic carbocycles. The van der Waals surface area contributed by atoms with Gasteiger partial charge in [-0.3, -0.25) is 4.90 Å². The second-order valence-electron chi connectivity index (χ2n) is 5.50. The lowest BCUT2D eigenvalue weighted by Gasteiger charge is -2.35. The van der Waals surface area contributed by atoms with E-state index in [1.807, 2.05) is 6.07 Å². The van der Waals surface area contributed by atoms with Crippen LogP contribution >= 0.6 is 40.7 Å². The molecular formula is C16H27BrCl2N2O. The van der Waals surface area contributed by atoms with Crippen LogP contribution in [0.3, 0.4) is 0 Å². The van der Waals surface area contributed by atoms with Crippen molar-refractivity contribution >= 4 is 40.7 Å². The average Bonchev–Trinajstić information content (AvgIpc) is 2.48. The molecule has 0 spiro atoms. The van der Waals surface area contributed by atoms with E-state index < -0.39 is 0 Å². The molecule has 3 nitrogen and oxygen atoms in total. The summed E-state index contributed by atoms with van der Waals surface area (Å²) in [5.74, 6) is 0.424. The van der Waals surface area contributed by atoms with Crippen LogP contribution in [0.25, 0.3) is 0 Å². The first-order valence-electron chi connectivity index (χ1n) is 7.65. The van der Waals surface area contributed by atoms with Crippen molar-refractivity contribution in [3.63, 3.8) is 0 Å². The number of aromatic hydroxyl groups is 1. The maximum atomic E-state index is 10.2. The van der Waals surface area contributed by atoms with Gasteiger partial charge in [-0.05, 0) is 24.6 Å². The van der Waals surface area contributed by atoms with Gasteiger partial charge in [0, 0.05) is 42.3 Å². The van der Waals surface area contributed by atoms with Crippen LogP contribution < -0.4 is 5.32 Å². The van der Waals surface area contributed by atoms with Crippen LogP contribution in [0, 0.1) is 0 Å². The van der Waals surface area contributed by atoms with Gasteiger partial charge in [-0.25, -0.2) is 0 Å². The first-order valence-corrected chi connectivity index (χ1v) is 8.45. The van der Waals surface area contributed by atoms with Gasteiger partial charge in [0.2, 0.25) is 0 Å². The molecule has 0 bridgehead atoms. The fourth-order valence-corrected chi connectivity index (χ4v) is 3.29. The largest absolute Gasteiger partial charge is 0.508 e. The van der Waals surface area contributed by atoms with Crippen LogP contribution in [0.15, 0.2) is 22.7 Å². The van der Waals surface area contributed by atoms with Crippen molar-refractivity contribution in [2.24, 2.45) is 0 Å². The van der Waals surface area contributed by atoms with Crippen LogP contribution in [-0.4, -0.2) is 36.2 Å². The Morgan fingerprint density at radius 3 is 2.55 bits per heavy atom. The molecule has 0 aromatic heterocycles. The minimum Gasteiger partial charge on any atom is -0.508 e. The molecule has 0 aliphatic carbocycles. The Hall–Kier alpha value is -0.000000000000000111. The molecule has 0 unspecified atom stereocenters. The topological polar surface area (TPSA) is 35.5 Å². The first kappa shape index (κ1) is 22.0. The third kappa shape index (κ3) is 6.25. The predicted octanol–water partition coefficient (Wildman–Crippen LogP) is 4.52. The van der Waals surface area contributed by atoms with Gasteiger partial charge >= 0.3 is 0 Å². The highest BCUT2D eigenvalue weighted by atomic mass is 79.9. The highest BCUT2D eigenvalue weighted by Gasteiger charge is 2.24. The minimum absolute atomic E-state index is 0. The number of rotatable bonds is 6. The summed E-state index contributed by atoms with van der Waals surface area (Å²) in [5.41, 5.74) is 1.07. The van der Waals surface area contributed by atoms with E-state index in [1.165, 1.54) is 19.3 Å². The molecule has 2 rings (SSSR count). The summed E-state index contributed by atoms with van der Waals surface area (Å²) in [6.45, 7) is 6.43. The molecule has 1 heterocycles. The first-order chi connectivity index (χ1) is 9.72. The quantitative estimate of drug-likeness (QED) is 0.672. The minimum atomic E-state index is 0. The summed E-state index contributed by atoms with van der Waals surface area (Å²) < 4.78 is 1.04. The summed E-state index contributed by atoms with van der Waals surface area (Å²) in [7, 11) is 0. The van der Waals surface area contributed by atoms with Gasteiger partial charge in [-0.15, -0.1) is 24.8 Å². The van der Waals surface area contributed by atoms with Gasteiger partial charge in [0.25, 0.3) is 0 Å². The van der Waals surface area contributed by atoms with E-state index in [1.54, 1.807) is 6.07 Å². The number of unbranched alkanes of at least 4 members (excludes halogenated alkanes) is 2. The van der Waals surface area contributed by atoms with Crippen molar-refractivity contribution in [2.75, 3.05) is 26.2 Å². The summed E-state index contributed by atoms with van der Waals surface area (Å²) >= 11 is 3.53. The second-order valence-corrected chi connectivity index (χ2v) is 6.42. The van der Waals surface area contributed by atoms with E-state index in [0.29, 0.717) is 11.8 Å². The maximum absolute atomic E-state index is 10.2. The Bertz CT molecular complexity index is 429. The Labute approximate surface area is 154 Å². The zero-order valence-electron chi connectivity index (χ0n) is 13.1. The molecule has 22 heavy (non-hydrogen) atoms. The number of hydrogen-bond donors (Lipinski definition) is 2. The van der Waals surface area contributed by atoms with Crippen molar-refractivity contribution in [2.45, 2.75) is 38.6 Å². The van der Waals surface area contributed by atoms with Crippen molar-refractivity contribution in [1.82, 2.24) is 10.2 Å². The van der Waals surface area contributed by atoms with Crippen LogP contribution in [0.4, 0.5) is 0 Å². The highest BCUT2D eigenvalue weighted by Crippen LogP contribution is 2.34. The number of phenolic OH excluding ortho intramolecular Hbond substituents is 1. The fourth-order valence-electron chi connectivity index (χ4n) is 2.91. The molecule has 6 heteroatoms. The summed E-state index contributed by atoms with van der Waals surface area (Å²) in [6.07, 6.45) is 4.84. The van der Waals surface area contributed by atoms with Crippen molar-refractivity contribution in [3.05, 3.63) is 28.2 Å². The van der Waals surface area contributed by atoms with Crippen LogP contribution in [-0.2, 0) is 0 Å². The van der Waals surface area contributed by atoms with E-state index in [0.717, 1.165) is 42.6 Å². The smallest absolute Gasteiger partial charge is 0.120 e. The molecule has 1 aliphatic heterocycles. The number of piperazine rings is 1. The van der Waals surface area contributed by atoms with Gasteiger partial charge in [0.15, 0.2) is 0 Å². The summed E-state index contributed by atoms with van der Waals surface area (Å²) in [5, 5.41) is 13.6. The van der Waals surface area contributed by atoms with E-state index in [2.05, 4.69) is 39.1 Å². The molecule has 1 atom stereocenters. The molecule has 2 N–H and O–H groups in total. The molecule has 0 saturated carbocycles. The summed E-state index contributed by atoms with van der Waals surface area (Å²) in [6, 6.07) is 6.11. The normalized spacial score (nSPS) is 16.5. The number of benzene rings is 1. The van der Waals surface area contributed by atoms with Crippen molar-refractivity contribution < 1.29 is 5.11 Å². The number of hydrogen-bond acceptors (Lipinski definition) is 3. The Balaban J connectivity index is 0.00000220. The Morgan fingerprint density at radius 1 is 1.23 bits per heavy atom. The SMILES string of the molecule is CCCCC[C@H](c1cc(Br)ccc1O)N1CCNCC1.Cl.Cl. The van der Waals surface area contributed by atoms with Crippen LogP contribution in [0.1, 0.15) is 44.2 Å². The van der Waals surface area contributed by atoms with Gasteiger partial charge in [-0.2, -0.15) is 0 Å². The zero-order chi connectivity index (χ0) is 14.4. The van der Waals surface area contributed by atoms with Crippen molar-refractivity contribution in [3.8, 4) is 5.75 Å². The van der Waals surface area contributed by atoms with E-state index in [9.17, 15) is 5.11 Å². The third-order valence-corrected chi connectivity index (χ3v) is 4.52. The molecule has 1 saturated heterocycles. The molecule has 0 amide bonds. The molecule has 0 radical (unpaired) electrons. The van der Waals surface area contributed by atoms with Gasteiger partial charge in [0.05, 0.1) is 0 Å². The number of nitrogens with one attached hydrogen (secondary N) is 1. The van der Waals surface area contributed by atoms with Gasteiger partial charge in [0.1, 0.15) is 5.75 Å². The van der Waals surface area contributed by atoms with E-state index in [4.69, 9.17) is 0 Å². The highest BCUT2D eigenvalue weighted by molar-refractivity contribution is 9.10. The Morgan fingerprint density at radius 2 is 1.91 bits per heavy atom. The number of phenols is 1. The molecule has 1 aliphatic rings. The van der Waals surface area contributed by atoms with Gasteiger partial charge in [-0.1, -0.05) is 42.1 Å². The number of nitrogens with zero attached hydrogens (tertiary/aromatic N) is 1. The van der Waals surface area contributed by atoms with E-state index in [-0.39, 0.29) is 24.8 Å². The van der Waals surface area contributed by atoms with Gasteiger partial charge < -0.3 is 10.4 Å². The molecule has 1 fully saturated rings. The van der Waals surface area contributed by atoms with Crippen molar-refractivity contribution in [1.29, 1.82) is 0 Å². The van der Waals surface area contributed by atoms with Crippen LogP contribution in [0.2, 0.25) is 0 Å². The molecule has 1 aromatic rings. The second kappa shape index (κ2) is 11.5. The third-order valence-electron chi connectivity index (χ3n) is 4.02. The maximum Gasteiger partial charge on any atom is 0.120 e. The Kier molecular flexibility index (Phi) is 11.5. The van der Waals surface area contributed by atoms with E-state index >= 15 is 0 Å². The average molecular weight is 414 g/mol. The lowest BCUT2D eigenvalue weighted by Crippen LogP contribution is -2.45. The predicted molar refractivity (Wildman–Crippen MR) is 102 cm³/mol. The monoisotopic (exact) mass is 412 g/mol. The fraction of sp³-hybridized carbons (Fsp3) is 0.625. The number of halogens is 3. The molecule has 128 valence electrons. The zero-order valence-corrected chi connectivity index (χ0v) is 16.3. The lowest BCUT2D eigenvalue weighted by molar-refractivity contribution is 0.160. The lowest BCUT2D eigenvalue weighted by atomic mass is 9.97.